The number of aryl methyl sites for hydroxylation is 1. The maximum Gasteiger partial charge on any atom is 0.287 e. The zero-order chi connectivity index (χ0) is 12.4. The number of nitrogens with zero attached hydrogens (tertiary/aromatic N) is 3. The summed E-state index contributed by atoms with van der Waals surface area (Å²) in [5, 5.41) is 7.37. The number of nitrogens with one attached hydrogen (secondary N) is 1. The number of likely N-dealkylation sites (tertiary alicyclic amines) is 1. The fraction of sp³-hybridized carbons (Fsp3) is 0.636. The quantitative estimate of drug-likeness (QED) is 0.869. The van der Waals surface area contributed by atoms with E-state index < -0.39 is 0 Å². The van der Waals surface area contributed by atoms with Crippen molar-refractivity contribution >= 4 is 17.3 Å². The predicted molar refractivity (Wildman–Crippen MR) is 68.6 cm³/mol. The van der Waals surface area contributed by atoms with E-state index in [0.29, 0.717) is 11.6 Å². The van der Waals surface area contributed by atoms with Crippen LogP contribution in [0.4, 0.5) is 5.69 Å². The van der Waals surface area contributed by atoms with E-state index in [4.69, 9.17) is 11.6 Å². The van der Waals surface area contributed by atoms with Gasteiger partial charge in [-0.1, -0.05) is 11.6 Å². The molecular weight excluding hydrogens is 240 g/mol. The molecule has 6 heteroatoms. The zero-order valence-corrected chi connectivity index (χ0v) is 10.9. The van der Waals surface area contributed by atoms with Gasteiger partial charge in [-0.15, -0.1) is 0 Å². The van der Waals surface area contributed by atoms with Crippen LogP contribution >= 0.6 is 11.6 Å². The average Bonchev–Trinajstić information content (AvgIpc) is 2.71. The van der Waals surface area contributed by atoms with E-state index in [1.54, 1.807) is 13.2 Å². The van der Waals surface area contributed by atoms with Gasteiger partial charge in [0, 0.05) is 20.1 Å². The van der Waals surface area contributed by atoms with Gasteiger partial charge in [0.05, 0.1) is 11.9 Å². The van der Waals surface area contributed by atoms with Crippen LogP contribution in [0.2, 0.25) is 5.02 Å². The van der Waals surface area contributed by atoms with E-state index in [2.05, 4.69) is 22.4 Å². The number of anilines is 1. The molecular formula is C11H17ClN4O. The summed E-state index contributed by atoms with van der Waals surface area (Å²) >= 11 is 5.97. The van der Waals surface area contributed by atoms with Gasteiger partial charge in [0.25, 0.3) is 5.56 Å². The molecule has 1 unspecified atom stereocenters. The predicted octanol–water partition coefficient (Wildman–Crippen LogP) is 0.797. The lowest BCUT2D eigenvalue weighted by Crippen LogP contribution is -2.23. The molecule has 0 bridgehead atoms. The van der Waals surface area contributed by atoms with Gasteiger partial charge in [0.15, 0.2) is 0 Å². The molecule has 17 heavy (non-hydrogen) atoms. The molecule has 0 spiro atoms. The number of hydrogen-bond donors (Lipinski definition) is 1. The molecule has 94 valence electrons. The maximum atomic E-state index is 11.6. The molecule has 5 nitrogen and oxygen atoms in total. The second-order valence-electron chi connectivity index (χ2n) is 4.60. The second kappa shape index (κ2) is 5.06. The van der Waals surface area contributed by atoms with Gasteiger partial charge in [0.2, 0.25) is 0 Å². The number of halogens is 1. The van der Waals surface area contributed by atoms with E-state index in [9.17, 15) is 4.79 Å². The normalized spacial score (nSPS) is 20.8. The Morgan fingerprint density at radius 3 is 3.00 bits per heavy atom. The Labute approximate surface area is 105 Å². The summed E-state index contributed by atoms with van der Waals surface area (Å²) in [7, 11) is 3.71. The van der Waals surface area contributed by atoms with Crippen LogP contribution in [0.25, 0.3) is 0 Å². The Kier molecular flexibility index (Phi) is 3.69. The summed E-state index contributed by atoms with van der Waals surface area (Å²) in [5.41, 5.74) is 0.365. The largest absolute Gasteiger partial charge is 0.382 e. The van der Waals surface area contributed by atoms with E-state index in [1.807, 2.05) is 0 Å². The second-order valence-corrected chi connectivity index (χ2v) is 4.98. The van der Waals surface area contributed by atoms with Crippen LogP contribution in [0.1, 0.15) is 6.42 Å². The molecule has 1 fully saturated rings. The van der Waals surface area contributed by atoms with Gasteiger partial charge in [-0.25, -0.2) is 4.68 Å². The first kappa shape index (κ1) is 12.4. The van der Waals surface area contributed by atoms with Crippen molar-refractivity contribution in [3.63, 3.8) is 0 Å². The first-order valence-corrected chi connectivity index (χ1v) is 6.10. The monoisotopic (exact) mass is 256 g/mol. The van der Waals surface area contributed by atoms with Crippen LogP contribution < -0.4 is 10.9 Å². The molecule has 1 N–H and O–H groups in total. The Morgan fingerprint density at radius 2 is 2.35 bits per heavy atom. The molecule has 0 saturated carbocycles. The van der Waals surface area contributed by atoms with E-state index in [0.717, 1.165) is 19.6 Å². The summed E-state index contributed by atoms with van der Waals surface area (Å²) in [6.45, 7) is 3.05. The van der Waals surface area contributed by atoms with Crippen molar-refractivity contribution in [2.75, 3.05) is 32.0 Å². The van der Waals surface area contributed by atoms with Crippen LogP contribution in [-0.2, 0) is 7.05 Å². The molecule has 2 rings (SSSR count). The van der Waals surface area contributed by atoms with Crippen molar-refractivity contribution < 1.29 is 0 Å². The molecule has 0 aromatic carbocycles. The van der Waals surface area contributed by atoms with Gasteiger partial charge >= 0.3 is 0 Å². The first-order chi connectivity index (χ1) is 8.08. The van der Waals surface area contributed by atoms with Gasteiger partial charge in [-0.2, -0.15) is 5.10 Å². The molecule has 1 saturated heterocycles. The summed E-state index contributed by atoms with van der Waals surface area (Å²) < 4.78 is 1.23. The molecule has 1 aliphatic heterocycles. The molecule has 2 heterocycles. The van der Waals surface area contributed by atoms with Crippen molar-refractivity contribution in [1.82, 2.24) is 14.7 Å². The molecule has 1 aromatic rings. The van der Waals surface area contributed by atoms with Gasteiger partial charge < -0.3 is 10.2 Å². The lowest BCUT2D eigenvalue weighted by atomic mass is 10.1. The highest BCUT2D eigenvalue weighted by atomic mass is 35.5. The Bertz CT molecular complexity index is 459. The van der Waals surface area contributed by atoms with Crippen LogP contribution in [0.3, 0.4) is 0 Å². The van der Waals surface area contributed by atoms with Gasteiger partial charge in [-0.05, 0) is 25.9 Å². The zero-order valence-electron chi connectivity index (χ0n) is 10.1. The fourth-order valence-corrected chi connectivity index (χ4v) is 2.32. The Hall–Kier alpha value is -1.07. The maximum absolute atomic E-state index is 11.6. The van der Waals surface area contributed by atoms with Crippen LogP contribution in [0.5, 0.6) is 0 Å². The highest BCUT2D eigenvalue weighted by Crippen LogP contribution is 2.18. The third-order valence-corrected chi connectivity index (χ3v) is 3.51. The molecule has 0 amide bonds. The summed E-state index contributed by atoms with van der Waals surface area (Å²) in [6.07, 6.45) is 2.78. The van der Waals surface area contributed by atoms with Crippen molar-refractivity contribution in [3.05, 3.63) is 21.6 Å². The van der Waals surface area contributed by atoms with E-state index in [1.165, 1.54) is 11.1 Å². The van der Waals surface area contributed by atoms with Crippen molar-refractivity contribution in [2.45, 2.75) is 6.42 Å². The summed E-state index contributed by atoms with van der Waals surface area (Å²) in [6, 6.07) is 0. The highest BCUT2D eigenvalue weighted by Gasteiger charge is 2.19. The third-order valence-electron chi connectivity index (χ3n) is 3.15. The minimum atomic E-state index is -0.264. The van der Waals surface area contributed by atoms with Crippen LogP contribution in [0, 0.1) is 5.92 Å². The van der Waals surface area contributed by atoms with Crippen molar-refractivity contribution in [3.8, 4) is 0 Å². The number of rotatable bonds is 3. The molecule has 0 radical (unpaired) electrons. The standard InChI is InChI=1S/C11H17ClN4O/c1-15-4-3-8(7-15)5-13-9-6-14-16(2)11(17)10(9)12/h6,8,13H,3-5,7H2,1-2H3. The Morgan fingerprint density at radius 1 is 1.59 bits per heavy atom. The first-order valence-electron chi connectivity index (χ1n) is 5.72. The third kappa shape index (κ3) is 2.79. The average molecular weight is 257 g/mol. The van der Waals surface area contributed by atoms with Gasteiger partial charge in [0.1, 0.15) is 5.02 Å². The summed E-state index contributed by atoms with van der Waals surface area (Å²) in [4.78, 5) is 13.9. The molecule has 0 aliphatic carbocycles. The van der Waals surface area contributed by atoms with Gasteiger partial charge in [-0.3, -0.25) is 4.79 Å². The minimum Gasteiger partial charge on any atom is -0.382 e. The van der Waals surface area contributed by atoms with E-state index in [-0.39, 0.29) is 10.6 Å². The molecule has 1 aliphatic rings. The topological polar surface area (TPSA) is 50.2 Å². The molecule has 1 aromatic heterocycles. The van der Waals surface area contributed by atoms with Crippen molar-refractivity contribution in [2.24, 2.45) is 13.0 Å². The minimum absolute atomic E-state index is 0.217. The van der Waals surface area contributed by atoms with E-state index >= 15 is 0 Å². The number of aromatic nitrogens is 2. The Balaban J connectivity index is 2.00. The lowest BCUT2D eigenvalue weighted by Gasteiger charge is -2.13. The van der Waals surface area contributed by atoms with Crippen LogP contribution in [-0.4, -0.2) is 41.4 Å². The lowest BCUT2D eigenvalue weighted by molar-refractivity contribution is 0.399. The fourth-order valence-electron chi connectivity index (χ4n) is 2.08. The SMILES string of the molecule is CN1CCC(CNc2cnn(C)c(=O)c2Cl)C1. The molecule has 1 atom stereocenters. The highest BCUT2D eigenvalue weighted by molar-refractivity contribution is 6.32. The summed E-state index contributed by atoms with van der Waals surface area (Å²) in [5.74, 6) is 0.611. The smallest absolute Gasteiger partial charge is 0.287 e. The van der Waals surface area contributed by atoms with Crippen molar-refractivity contribution in [1.29, 1.82) is 0 Å². The van der Waals surface area contributed by atoms with Crippen LogP contribution in [0.15, 0.2) is 11.0 Å². The number of hydrogen-bond acceptors (Lipinski definition) is 4.